The zero-order valence-electron chi connectivity index (χ0n) is 5.48. The van der Waals surface area contributed by atoms with Crippen LogP contribution in [0.4, 0.5) is 0 Å². The molecule has 0 aromatic heterocycles. The Hall–Kier alpha value is 0.630. The van der Waals surface area contributed by atoms with Crippen molar-refractivity contribution < 1.29 is 39.8 Å². The first-order valence-corrected chi connectivity index (χ1v) is 2.26. The van der Waals surface area contributed by atoms with Gasteiger partial charge in [0, 0.05) is 0 Å². The zero-order chi connectivity index (χ0) is 4.83. The molecule has 0 saturated carbocycles. The van der Waals surface area contributed by atoms with Crippen molar-refractivity contribution in [1.82, 2.24) is 0 Å². The summed E-state index contributed by atoms with van der Waals surface area (Å²) in [6, 6.07) is 0. The van der Waals surface area contributed by atoms with Crippen LogP contribution in [-0.2, 0) is 4.79 Å². The zero-order valence-corrected chi connectivity index (χ0v) is 7.48. The first kappa shape index (κ1) is 15.9. The molecule has 3 heteroatoms. The van der Waals surface area contributed by atoms with E-state index in [1.807, 2.05) is 6.29 Å². The van der Waals surface area contributed by atoms with E-state index in [2.05, 4.69) is 6.92 Å². The smallest absolute Gasteiger partial charge is 0.870 e. The van der Waals surface area contributed by atoms with Crippen LogP contribution in [0, 0.1) is 0 Å². The first-order chi connectivity index (χ1) is 2.91. The molecule has 0 aromatic rings. The molecular formula is C5H10NaO2-. The van der Waals surface area contributed by atoms with Gasteiger partial charge >= 0.3 is 29.6 Å². The maximum Gasteiger partial charge on any atom is 1.00 e. The van der Waals surface area contributed by atoms with E-state index in [9.17, 15) is 4.79 Å². The minimum Gasteiger partial charge on any atom is -0.870 e. The third-order valence-corrected chi connectivity index (χ3v) is 0.632. The molecule has 0 aliphatic rings. The van der Waals surface area contributed by atoms with Crippen molar-refractivity contribution in [3.63, 3.8) is 0 Å². The molecule has 0 amide bonds. The predicted molar refractivity (Wildman–Crippen MR) is 27.2 cm³/mol. The predicted octanol–water partition coefficient (Wildman–Crippen LogP) is -1.89. The van der Waals surface area contributed by atoms with Gasteiger partial charge in [-0.1, -0.05) is 19.8 Å². The third kappa shape index (κ3) is 15.9. The summed E-state index contributed by atoms with van der Waals surface area (Å²) in [4.78, 5) is 9.44. The Kier molecular flexibility index (Phi) is 31.0. The van der Waals surface area contributed by atoms with E-state index in [0.29, 0.717) is 6.42 Å². The largest absolute Gasteiger partial charge is 1.00 e. The average molecular weight is 125 g/mol. The SMILES string of the molecule is CCCC[C-]=O.[Na+].[OH-]. The fraction of sp³-hybridized carbons (Fsp3) is 0.800. The summed E-state index contributed by atoms with van der Waals surface area (Å²) in [5, 5.41) is 0. The molecule has 1 N–H and O–H groups in total. The molecule has 0 rings (SSSR count). The molecule has 0 aromatic carbocycles. The first-order valence-electron chi connectivity index (χ1n) is 2.26. The van der Waals surface area contributed by atoms with Crippen molar-refractivity contribution in [2.45, 2.75) is 26.2 Å². The molecule has 0 radical (unpaired) electrons. The van der Waals surface area contributed by atoms with Gasteiger partial charge in [-0.3, -0.25) is 6.29 Å². The maximum atomic E-state index is 9.44. The molecule has 0 bridgehead atoms. The molecule has 8 heavy (non-hydrogen) atoms. The minimum atomic E-state index is 0. The van der Waals surface area contributed by atoms with Gasteiger partial charge in [0.2, 0.25) is 0 Å². The summed E-state index contributed by atoms with van der Waals surface area (Å²) < 4.78 is 0. The second-order valence-electron chi connectivity index (χ2n) is 1.25. The second kappa shape index (κ2) is 15.6. The van der Waals surface area contributed by atoms with E-state index in [-0.39, 0.29) is 35.0 Å². The Bertz CT molecular complexity index is 39.4. The van der Waals surface area contributed by atoms with Gasteiger partial charge in [-0.05, 0) is 0 Å². The molecule has 0 heterocycles. The van der Waals surface area contributed by atoms with Crippen LogP contribution in [-0.4, -0.2) is 11.8 Å². The van der Waals surface area contributed by atoms with E-state index in [1.54, 1.807) is 0 Å². The van der Waals surface area contributed by atoms with Crippen LogP contribution in [0.2, 0.25) is 0 Å². The van der Waals surface area contributed by atoms with Gasteiger partial charge in [0.05, 0.1) is 0 Å². The maximum absolute atomic E-state index is 9.44. The normalized spacial score (nSPS) is 6.12. The quantitative estimate of drug-likeness (QED) is 0.251. The molecule has 0 unspecified atom stereocenters. The van der Waals surface area contributed by atoms with Gasteiger partial charge in [-0.2, -0.15) is 6.42 Å². The van der Waals surface area contributed by atoms with E-state index in [1.165, 1.54) is 0 Å². The second-order valence-corrected chi connectivity index (χ2v) is 1.25. The Morgan fingerprint density at radius 3 is 2.12 bits per heavy atom. The van der Waals surface area contributed by atoms with Crippen LogP contribution in [0.1, 0.15) is 26.2 Å². The molecular weight excluding hydrogens is 115 g/mol. The van der Waals surface area contributed by atoms with Gasteiger partial charge < -0.3 is 10.3 Å². The van der Waals surface area contributed by atoms with E-state index < -0.39 is 0 Å². The Balaban J connectivity index is -0.000000125. The van der Waals surface area contributed by atoms with E-state index in [0.717, 1.165) is 12.8 Å². The molecule has 0 atom stereocenters. The van der Waals surface area contributed by atoms with Crippen molar-refractivity contribution in [2.75, 3.05) is 0 Å². The molecule has 44 valence electrons. The summed E-state index contributed by atoms with van der Waals surface area (Å²) >= 11 is 0. The Morgan fingerprint density at radius 1 is 1.50 bits per heavy atom. The van der Waals surface area contributed by atoms with Gasteiger partial charge in [-0.25, -0.2) is 0 Å². The van der Waals surface area contributed by atoms with Crippen molar-refractivity contribution in [1.29, 1.82) is 0 Å². The monoisotopic (exact) mass is 125 g/mol. The molecule has 2 nitrogen and oxygen atoms in total. The van der Waals surface area contributed by atoms with E-state index in [4.69, 9.17) is 0 Å². The summed E-state index contributed by atoms with van der Waals surface area (Å²) in [6.45, 7) is 2.05. The summed E-state index contributed by atoms with van der Waals surface area (Å²) in [7, 11) is 0. The summed E-state index contributed by atoms with van der Waals surface area (Å²) in [5.41, 5.74) is 0. The van der Waals surface area contributed by atoms with Crippen LogP contribution in [0.15, 0.2) is 0 Å². The minimum absolute atomic E-state index is 0. The molecule has 0 spiro atoms. The Morgan fingerprint density at radius 2 is 2.00 bits per heavy atom. The molecule has 0 aliphatic carbocycles. The number of hydrogen-bond acceptors (Lipinski definition) is 2. The standard InChI is InChI=1S/C5H9O.Na.H2O/c1-2-3-4-5-6;;/h2-4H2,1H3;;1H2/q-1;+1;/p-1. The van der Waals surface area contributed by atoms with Crippen molar-refractivity contribution in [3.8, 4) is 0 Å². The summed E-state index contributed by atoms with van der Waals surface area (Å²) in [5.74, 6) is 0. The van der Waals surface area contributed by atoms with Crippen LogP contribution in [0.5, 0.6) is 0 Å². The Labute approximate surface area is 72.3 Å². The van der Waals surface area contributed by atoms with Gasteiger partial charge in [-0.15, -0.1) is 0 Å². The number of rotatable bonds is 3. The van der Waals surface area contributed by atoms with Gasteiger partial charge in [0.25, 0.3) is 0 Å². The molecule has 0 fully saturated rings. The van der Waals surface area contributed by atoms with Crippen molar-refractivity contribution in [2.24, 2.45) is 0 Å². The summed E-state index contributed by atoms with van der Waals surface area (Å²) in [6.07, 6.45) is 4.51. The topological polar surface area (TPSA) is 47.1 Å². The van der Waals surface area contributed by atoms with Gasteiger partial charge in [0.15, 0.2) is 0 Å². The fourth-order valence-corrected chi connectivity index (χ4v) is 0.249. The molecule has 0 saturated heterocycles. The van der Waals surface area contributed by atoms with Crippen LogP contribution < -0.4 is 29.6 Å². The fourth-order valence-electron chi connectivity index (χ4n) is 0.249. The average Bonchev–Trinajstić information content (AvgIpc) is 1.61. The third-order valence-electron chi connectivity index (χ3n) is 0.632. The van der Waals surface area contributed by atoms with E-state index >= 15 is 0 Å². The van der Waals surface area contributed by atoms with Crippen LogP contribution in [0.25, 0.3) is 0 Å². The van der Waals surface area contributed by atoms with Crippen LogP contribution in [0.3, 0.4) is 0 Å². The number of unbranched alkanes of at least 4 members (excludes halogenated alkanes) is 2. The van der Waals surface area contributed by atoms with Gasteiger partial charge in [0.1, 0.15) is 0 Å². The number of carbonyl (C=O) groups excluding carboxylic acids is 1. The van der Waals surface area contributed by atoms with Crippen molar-refractivity contribution in [3.05, 3.63) is 0 Å². The number of hydrogen-bond donors (Lipinski definition) is 0. The van der Waals surface area contributed by atoms with Crippen molar-refractivity contribution >= 4 is 6.29 Å². The molecule has 0 aliphatic heterocycles. The van der Waals surface area contributed by atoms with Crippen LogP contribution >= 0.6 is 0 Å².